The van der Waals surface area contributed by atoms with Crippen LogP contribution >= 0.6 is 0 Å². The van der Waals surface area contributed by atoms with Gasteiger partial charge in [0.15, 0.2) is 11.2 Å². The fourth-order valence-electron chi connectivity index (χ4n) is 8.03. The van der Waals surface area contributed by atoms with E-state index in [1.807, 2.05) is 36.4 Å². The first-order valence-corrected chi connectivity index (χ1v) is 18.1. The van der Waals surface area contributed by atoms with E-state index in [4.69, 9.17) is 13.8 Å². The molecule has 0 unspecified atom stereocenters. The molecule has 0 aliphatic heterocycles. The predicted octanol–water partition coefficient (Wildman–Crippen LogP) is 13.6. The van der Waals surface area contributed by atoms with Crippen LogP contribution in [0, 0.1) is 0 Å². The van der Waals surface area contributed by atoms with Gasteiger partial charge in [-0.1, -0.05) is 127 Å². The number of benzene rings is 8. The van der Waals surface area contributed by atoms with Gasteiger partial charge in [-0.3, -0.25) is 0 Å². The lowest BCUT2D eigenvalue weighted by Crippen LogP contribution is -2.13. The number of hydrogen-bond donors (Lipinski definition) is 0. The lowest BCUT2D eigenvalue weighted by Gasteiger charge is -2.29. The summed E-state index contributed by atoms with van der Waals surface area (Å²) in [6, 6.07) is 65.6. The van der Waals surface area contributed by atoms with Crippen LogP contribution in [0.2, 0.25) is 0 Å². The summed E-state index contributed by atoms with van der Waals surface area (Å²) in [5, 5.41) is 4.36. The fraction of sp³-hybridized carbons (Fsp3) is 0. The van der Waals surface area contributed by atoms with E-state index < -0.39 is 0 Å². The first-order chi connectivity index (χ1) is 26.8. The zero-order chi connectivity index (χ0) is 35.6. The summed E-state index contributed by atoms with van der Waals surface area (Å²) in [6.07, 6.45) is 0. The third-order valence-electron chi connectivity index (χ3n) is 10.4. The van der Waals surface area contributed by atoms with E-state index in [2.05, 4.69) is 161 Å². The monoisotopic (exact) mass is 693 g/mol. The van der Waals surface area contributed by atoms with Gasteiger partial charge in [0, 0.05) is 44.4 Å². The second-order valence-electron chi connectivity index (χ2n) is 13.5. The summed E-state index contributed by atoms with van der Waals surface area (Å²) in [7, 11) is 0. The van der Waals surface area contributed by atoms with E-state index >= 15 is 0 Å². The van der Waals surface area contributed by atoms with E-state index in [0.717, 1.165) is 77.9 Å². The molecule has 11 rings (SSSR count). The smallest absolute Gasteiger partial charge is 0.227 e. The van der Waals surface area contributed by atoms with Gasteiger partial charge in [0.1, 0.15) is 11.1 Å². The lowest BCUT2D eigenvalue weighted by atomic mass is 10.0. The molecule has 0 amide bonds. The third kappa shape index (κ3) is 4.69. The topological polar surface area (TPSA) is 47.3 Å². The zero-order valence-electron chi connectivity index (χ0n) is 29.1. The van der Waals surface area contributed by atoms with Crippen molar-refractivity contribution in [3.8, 4) is 28.3 Å². The fourth-order valence-corrected chi connectivity index (χ4v) is 8.03. The van der Waals surface area contributed by atoms with Gasteiger partial charge in [-0.25, -0.2) is 4.98 Å². The Hall–Kier alpha value is -7.37. The minimum Gasteiger partial charge on any atom is -0.454 e. The van der Waals surface area contributed by atoms with Gasteiger partial charge >= 0.3 is 0 Å². The second kappa shape index (κ2) is 12.1. The van der Waals surface area contributed by atoms with Crippen molar-refractivity contribution in [2.75, 3.05) is 4.90 Å². The summed E-state index contributed by atoms with van der Waals surface area (Å²) in [5.74, 6) is 0.592. The molecule has 3 heterocycles. The van der Waals surface area contributed by atoms with Crippen molar-refractivity contribution >= 4 is 71.9 Å². The normalized spacial score (nSPS) is 11.7. The van der Waals surface area contributed by atoms with Crippen LogP contribution in [-0.2, 0) is 0 Å². The molecule has 0 N–H and O–H groups in total. The highest BCUT2D eigenvalue weighted by Crippen LogP contribution is 2.49. The van der Waals surface area contributed by atoms with Crippen molar-refractivity contribution in [1.29, 1.82) is 0 Å². The summed E-state index contributed by atoms with van der Waals surface area (Å²) in [5.41, 5.74) is 12.5. The van der Waals surface area contributed by atoms with Gasteiger partial charge in [0.05, 0.1) is 28.1 Å². The molecule has 11 aromatic rings. The molecular weight excluding hydrogens is 663 g/mol. The largest absolute Gasteiger partial charge is 0.454 e. The maximum Gasteiger partial charge on any atom is 0.227 e. The molecule has 0 saturated carbocycles. The van der Waals surface area contributed by atoms with Crippen molar-refractivity contribution in [1.82, 2.24) is 9.55 Å². The van der Waals surface area contributed by atoms with E-state index in [9.17, 15) is 0 Å². The van der Waals surface area contributed by atoms with Crippen LogP contribution in [0.4, 0.5) is 17.1 Å². The van der Waals surface area contributed by atoms with Crippen molar-refractivity contribution in [2.24, 2.45) is 0 Å². The highest BCUT2D eigenvalue weighted by molar-refractivity contribution is 6.17. The molecule has 0 fully saturated rings. The molecule has 5 heteroatoms. The Kier molecular flexibility index (Phi) is 6.79. The SMILES string of the molecule is c1ccc(-c2nc3cc4c(cc3o2)oc2c(N(c3ccccc3-c3ccccc3)c3cccc5c6ccccc6n(-c6ccccc6)c35)cccc24)cc1. The van der Waals surface area contributed by atoms with E-state index in [1.165, 1.54) is 10.8 Å². The number of fused-ring (bicyclic) bond motifs is 7. The molecule has 0 radical (unpaired) electrons. The molecule has 54 heavy (non-hydrogen) atoms. The summed E-state index contributed by atoms with van der Waals surface area (Å²) in [4.78, 5) is 7.27. The van der Waals surface area contributed by atoms with Gasteiger partial charge in [-0.15, -0.1) is 0 Å². The summed E-state index contributed by atoms with van der Waals surface area (Å²) in [6.45, 7) is 0. The van der Waals surface area contributed by atoms with Gasteiger partial charge < -0.3 is 18.3 Å². The van der Waals surface area contributed by atoms with Crippen LogP contribution in [0.3, 0.4) is 0 Å². The van der Waals surface area contributed by atoms with Gasteiger partial charge in [0.2, 0.25) is 5.89 Å². The molecular formula is C49H31N3O2. The standard InChI is InChI=1S/C49H31N3O2/c1-4-16-32(17-5-1)35-22-10-12-26-41(35)52(43-28-14-24-37-36-23-11-13-27-42(36)51(47(37)43)34-20-8-3-9-21-34)44-29-15-25-38-39-30-40-46(31-45(39)53-48(38)44)54-49(50-40)33-18-6-2-7-19-33/h1-31H. The predicted molar refractivity (Wildman–Crippen MR) is 221 cm³/mol. The Morgan fingerprint density at radius 2 is 1.07 bits per heavy atom. The van der Waals surface area contributed by atoms with Crippen LogP contribution in [-0.4, -0.2) is 9.55 Å². The van der Waals surface area contributed by atoms with Crippen LogP contribution in [0.1, 0.15) is 0 Å². The van der Waals surface area contributed by atoms with Crippen molar-refractivity contribution in [3.05, 3.63) is 188 Å². The highest BCUT2D eigenvalue weighted by atomic mass is 16.4. The van der Waals surface area contributed by atoms with Gasteiger partial charge in [-0.05, 0) is 60.2 Å². The van der Waals surface area contributed by atoms with E-state index in [1.54, 1.807) is 0 Å². The average Bonchev–Trinajstić information content (AvgIpc) is 3.93. The highest BCUT2D eigenvalue weighted by Gasteiger charge is 2.26. The first-order valence-electron chi connectivity index (χ1n) is 18.1. The van der Waals surface area contributed by atoms with Crippen LogP contribution in [0.15, 0.2) is 197 Å². The number of anilines is 3. The van der Waals surface area contributed by atoms with Gasteiger partial charge in [0.25, 0.3) is 0 Å². The summed E-state index contributed by atoms with van der Waals surface area (Å²) >= 11 is 0. The third-order valence-corrected chi connectivity index (χ3v) is 10.4. The molecule has 254 valence electrons. The molecule has 3 aromatic heterocycles. The molecule has 0 atom stereocenters. The molecule has 0 aliphatic rings. The Morgan fingerprint density at radius 3 is 1.89 bits per heavy atom. The lowest BCUT2D eigenvalue weighted by molar-refractivity contribution is 0.617. The van der Waals surface area contributed by atoms with Crippen LogP contribution in [0.5, 0.6) is 0 Å². The minimum atomic E-state index is 0.592. The number of oxazole rings is 1. The Balaban J connectivity index is 1.22. The van der Waals surface area contributed by atoms with Crippen LogP contribution in [0.25, 0.3) is 83.1 Å². The van der Waals surface area contributed by atoms with Crippen LogP contribution < -0.4 is 4.90 Å². The Bertz CT molecular complexity index is 3160. The molecule has 0 spiro atoms. The first kappa shape index (κ1) is 30.3. The number of furan rings is 1. The number of para-hydroxylation sites is 5. The molecule has 0 bridgehead atoms. The molecule has 5 nitrogen and oxygen atoms in total. The Labute approximate surface area is 310 Å². The van der Waals surface area contributed by atoms with Gasteiger partial charge in [-0.2, -0.15) is 0 Å². The van der Waals surface area contributed by atoms with Crippen molar-refractivity contribution in [2.45, 2.75) is 0 Å². The second-order valence-corrected chi connectivity index (χ2v) is 13.5. The zero-order valence-corrected chi connectivity index (χ0v) is 29.1. The number of hydrogen-bond acceptors (Lipinski definition) is 4. The Morgan fingerprint density at radius 1 is 0.444 bits per heavy atom. The quantitative estimate of drug-likeness (QED) is 0.174. The number of aromatic nitrogens is 2. The summed E-state index contributed by atoms with van der Waals surface area (Å²) < 4.78 is 15.6. The maximum absolute atomic E-state index is 6.93. The number of rotatable bonds is 6. The van der Waals surface area contributed by atoms with Crippen molar-refractivity contribution < 1.29 is 8.83 Å². The van der Waals surface area contributed by atoms with E-state index in [0.29, 0.717) is 11.5 Å². The average molecular weight is 694 g/mol. The van der Waals surface area contributed by atoms with E-state index in [-0.39, 0.29) is 0 Å². The molecule has 0 aliphatic carbocycles. The molecule has 0 saturated heterocycles. The molecule has 8 aromatic carbocycles. The number of nitrogens with zero attached hydrogens (tertiary/aromatic N) is 3. The maximum atomic E-state index is 6.93. The minimum absolute atomic E-state index is 0.592. The van der Waals surface area contributed by atoms with Crippen molar-refractivity contribution in [3.63, 3.8) is 0 Å².